The van der Waals surface area contributed by atoms with Gasteiger partial charge in [0.25, 0.3) is 10.0 Å². The third-order valence-corrected chi connectivity index (χ3v) is 4.38. The van der Waals surface area contributed by atoms with Crippen LogP contribution < -0.4 is 5.73 Å². The molecule has 2 rings (SSSR count). The minimum absolute atomic E-state index is 0.00209. The fourth-order valence-corrected chi connectivity index (χ4v) is 3.19. The Labute approximate surface area is 142 Å². The molecule has 134 valence electrons. The van der Waals surface area contributed by atoms with Crippen LogP contribution in [0.25, 0.3) is 11.1 Å². The van der Waals surface area contributed by atoms with Crippen molar-refractivity contribution in [2.75, 3.05) is 19.8 Å². The lowest BCUT2D eigenvalue weighted by atomic mass is 10.0. The van der Waals surface area contributed by atoms with Crippen molar-refractivity contribution in [1.82, 2.24) is 9.88 Å². The average Bonchev–Trinajstić information content (AvgIpc) is 2.52. The summed E-state index contributed by atoms with van der Waals surface area (Å²) in [5.41, 5.74) is 4.69. The second-order valence-electron chi connectivity index (χ2n) is 5.34. The largest absolute Gasteiger partial charge is 0.417 e. The average molecular weight is 372 g/mol. The molecule has 1 aromatic carbocycles. The molecule has 0 amide bonds. The number of hydrogen-bond donors (Lipinski definition) is 1. The molecule has 0 radical (unpaired) electrons. The first-order chi connectivity index (χ1) is 11.5. The molecule has 0 aliphatic heterocycles. The molecule has 0 bridgehead atoms. The van der Waals surface area contributed by atoms with Crippen LogP contribution >= 0.6 is 0 Å². The van der Waals surface area contributed by atoms with Gasteiger partial charge in [-0.1, -0.05) is 6.07 Å². The summed E-state index contributed by atoms with van der Waals surface area (Å²) in [5.74, 6) is 0. The van der Waals surface area contributed by atoms with Gasteiger partial charge in [-0.3, -0.25) is 4.98 Å². The number of alkyl halides is 3. The van der Waals surface area contributed by atoms with Crippen molar-refractivity contribution in [3.8, 4) is 11.1 Å². The number of aromatic nitrogens is 1. The summed E-state index contributed by atoms with van der Waals surface area (Å²) in [6.45, 7) is 0. The van der Waals surface area contributed by atoms with Gasteiger partial charge in [0.15, 0.2) is 0 Å². The van der Waals surface area contributed by atoms with Gasteiger partial charge in [-0.15, -0.1) is 4.40 Å². The lowest BCUT2D eigenvalue weighted by Crippen LogP contribution is -2.11. The molecule has 0 saturated heterocycles. The lowest BCUT2D eigenvalue weighted by molar-refractivity contribution is -0.137. The van der Waals surface area contributed by atoms with Crippen LogP contribution in [0.2, 0.25) is 0 Å². The van der Waals surface area contributed by atoms with Crippen molar-refractivity contribution < 1.29 is 21.6 Å². The van der Waals surface area contributed by atoms with E-state index in [1.165, 1.54) is 23.1 Å². The Hall–Kier alpha value is -2.62. The number of anilines is 1. The highest BCUT2D eigenvalue weighted by molar-refractivity contribution is 7.90. The van der Waals surface area contributed by atoms with Crippen LogP contribution in [0.4, 0.5) is 18.9 Å². The smallest absolute Gasteiger partial charge is 0.398 e. The molecular weight excluding hydrogens is 357 g/mol. The third kappa shape index (κ3) is 4.27. The van der Waals surface area contributed by atoms with E-state index in [0.717, 1.165) is 18.6 Å². The van der Waals surface area contributed by atoms with Crippen LogP contribution in [0.1, 0.15) is 5.56 Å². The molecule has 10 heteroatoms. The Morgan fingerprint density at radius 1 is 1.24 bits per heavy atom. The molecule has 0 atom stereocenters. The van der Waals surface area contributed by atoms with Gasteiger partial charge in [0.1, 0.15) is 6.34 Å². The highest BCUT2D eigenvalue weighted by Gasteiger charge is 2.32. The molecule has 2 N–H and O–H groups in total. The SMILES string of the molecule is CN(C)C=NS(=O)(=O)c1cccc(N)c1-c1cncc(C(F)(F)F)c1. The van der Waals surface area contributed by atoms with Gasteiger partial charge >= 0.3 is 6.18 Å². The first-order valence-corrected chi connectivity index (χ1v) is 8.34. The van der Waals surface area contributed by atoms with Gasteiger partial charge in [0.05, 0.1) is 10.5 Å². The number of pyridine rings is 1. The summed E-state index contributed by atoms with van der Waals surface area (Å²) in [6.07, 6.45) is -1.77. The highest BCUT2D eigenvalue weighted by atomic mass is 32.2. The zero-order chi connectivity index (χ0) is 18.8. The minimum atomic E-state index is -4.62. The van der Waals surface area contributed by atoms with Crippen LogP contribution in [0, 0.1) is 0 Å². The number of sulfonamides is 1. The summed E-state index contributed by atoms with van der Waals surface area (Å²) in [7, 11) is -1.01. The van der Waals surface area contributed by atoms with Gasteiger partial charge < -0.3 is 10.6 Å². The Morgan fingerprint density at radius 3 is 2.52 bits per heavy atom. The highest BCUT2D eigenvalue weighted by Crippen LogP contribution is 2.36. The standard InChI is InChI=1S/C15H15F3N4O2S/c1-22(2)9-21-25(23,24)13-5-3-4-12(19)14(13)10-6-11(8-20-7-10)15(16,17)18/h3-9H,19H2,1-2H3. The maximum atomic E-state index is 12.9. The van der Waals surface area contributed by atoms with E-state index in [2.05, 4.69) is 9.38 Å². The summed E-state index contributed by atoms with van der Waals surface area (Å²) in [5, 5.41) is 0. The van der Waals surface area contributed by atoms with E-state index in [9.17, 15) is 21.6 Å². The van der Waals surface area contributed by atoms with E-state index in [1.54, 1.807) is 14.1 Å². The van der Waals surface area contributed by atoms with Crippen LogP contribution in [0.3, 0.4) is 0 Å². The topological polar surface area (TPSA) is 88.7 Å². The fourth-order valence-electron chi connectivity index (χ4n) is 2.02. The zero-order valence-corrected chi connectivity index (χ0v) is 14.1. The molecule has 0 aliphatic rings. The van der Waals surface area contributed by atoms with Crippen molar-refractivity contribution in [2.45, 2.75) is 11.1 Å². The first kappa shape index (κ1) is 18.7. The fraction of sp³-hybridized carbons (Fsp3) is 0.200. The Kier molecular flexibility index (Phi) is 5.02. The Balaban J connectivity index is 2.68. The van der Waals surface area contributed by atoms with Gasteiger partial charge in [-0.05, 0) is 18.2 Å². The van der Waals surface area contributed by atoms with Gasteiger partial charge in [-0.25, -0.2) is 0 Å². The number of nitrogen functional groups attached to an aromatic ring is 1. The van der Waals surface area contributed by atoms with E-state index in [1.807, 2.05) is 0 Å². The van der Waals surface area contributed by atoms with Gasteiger partial charge in [0, 0.05) is 43.3 Å². The van der Waals surface area contributed by atoms with E-state index in [-0.39, 0.29) is 21.7 Å². The zero-order valence-electron chi connectivity index (χ0n) is 13.3. The van der Waals surface area contributed by atoms with Crippen LogP contribution in [0.5, 0.6) is 0 Å². The lowest BCUT2D eigenvalue weighted by Gasteiger charge is -2.13. The van der Waals surface area contributed by atoms with Crippen molar-refractivity contribution in [2.24, 2.45) is 4.40 Å². The summed E-state index contributed by atoms with van der Waals surface area (Å²) in [4.78, 5) is 4.66. The second kappa shape index (κ2) is 6.71. The predicted octanol–water partition coefficient (Wildman–Crippen LogP) is 2.63. The van der Waals surface area contributed by atoms with Crippen molar-refractivity contribution >= 4 is 22.0 Å². The molecule has 0 fully saturated rings. The maximum Gasteiger partial charge on any atom is 0.417 e. The number of rotatable bonds is 4. The van der Waals surface area contributed by atoms with E-state index >= 15 is 0 Å². The second-order valence-corrected chi connectivity index (χ2v) is 6.94. The number of hydrogen-bond acceptors (Lipinski definition) is 4. The van der Waals surface area contributed by atoms with Crippen molar-refractivity contribution in [1.29, 1.82) is 0 Å². The summed E-state index contributed by atoms with van der Waals surface area (Å²) >= 11 is 0. The number of benzene rings is 1. The molecule has 2 aromatic rings. The Morgan fingerprint density at radius 2 is 1.92 bits per heavy atom. The molecule has 0 saturated carbocycles. The van der Waals surface area contributed by atoms with Crippen LogP contribution in [-0.2, 0) is 16.2 Å². The van der Waals surface area contributed by atoms with Gasteiger partial charge in [-0.2, -0.15) is 21.6 Å². The summed E-state index contributed by atoms with van der Waals surface area (Å²) in [6, 6.07) is 4.81. The number of halogens is 3. The van der Waals surface area contributed by atoms with Crippen molar-refractivity contribution in [3.63, 3.8) is 0 Å². The first-order valence-electron chi connectivity index (χ1n) is 6.90. The molecule has 1 aromatic heterocycles. The van der Waals surface area contributed by atoms with E-state index in [4.69, 9.17) is 5.73 Å². The van der Waals surface area contributed by atoms with Crippen LogP contribution in [0.15, 0.2) is 46.0 Å². The van der Waals surface area contributed by atoms with E-state index < -0.39 is 21.8 Å². The van der Waals surface area contributed by atoms with Crippen LogP contribution in [-0.4, -0.2) is 38.7 Å². The quantitative estimate of drug-likeness (QED) is 0.506. The van der Waals surface area contributed by atoms with Crippen molar-refractivity contribution in [3.05, 3.63) is 42.2 Å². The maximum absolute atomic E-state index is 12.9. The van der Waals surface area contributed by atoms with Gasteiger partial charge in [0.2, 0.25) is 0 Å². The minimum Gasteiger partial charge on any atom is -0.398 e. The monoisotopic (exact) mass is 372 g/mol. The number of nitrogens with zero attached hydrogens (tertiary/aromatic N) is 3. The number of nitrogens with two attached hydrogens (primary N) is 1. The molecular formula is C15H15F3N4O2S. The predicted molar refractivity (Wildman–Crippen MR) is 88.5 cm³/mol. The molecule has 0 aliphatic carbocycles. The summed E-state index contributed by atoms with van der Waals surface area (Å²) < 4.78 is 67.1. The molecule has 0 spiro atoms. The molecule has 0 unspecified atom stereocenters. The molecule has 25 heavy (non-hydrogen) atoms. The molecule has 1 heterocycles. The Bertz CT molecular complexity index is 909. The van der Waals surface area contributed by atoms with E-state index in [0.29, 0.717) is 6.20 Å². The normalized spacial score (nSPS) is 12.5. The molecule has 6 nitrogen and oxygen atoms in total. The third-order valence-electron chi connectivity index (χ3n) is 3.11.